The first-order valence-corrected chi connectivity index (χ1v) is 11.9. The Kier molecular flexibility index (Phi) is 7.03. The van der Waals surface area contributed by atoms with Crippen molar-refractivity contribution >= 4 is 37.3 Å². The lowest BCUT2D eigenvalue weighted by molar-refractivity contribution is -0.137. The minimum Gasteiger partial charge on any atom is -0.325 e. The van der Waals surface area contributed by atoms with Gasteiger partial charge < -0.3 is 5.32 Å². The van der Waals surface area contributed by atoms with Crippen LogP contribution in [-0.2, 0) is 31.0 Å². The second kappa shape index (κ2) is 8.85. The van der Waals surface area contributed by atoms with Crippen LogP contribution in [0.4, 0.5) is 24.5 Å². The van der Waals surface area contributed by atoms with Crippen molar-refractivity contribution in [3.63, 3.8) is 0 Å². The molecular weight excluding hydrogens is 459 g/mol. The Balaban J connectivity index is 2.21. The van der Waals surface area contributed by atoms with E-state index in [9.17, 15) is 34.8 Å². The molecule has 0 atom stereocenters. The van der Waals surface area contributed by atoms with Crippen LogP contribution >= 0.6 is 0 Å². The molecule has 0 unspecified atom stereocenters. The number of nitrogens with one attached hydrogen (secondary N) is 1. The summed E-state index contributed by atoms with van der Waals surface area (Å²) in [6.07, 6.45) is -3.66. The highest BCUT2D eigenvalue weighted by molar-refractivity contribution is 7.92. The van der Waals surface area contributed by atoms with Crippen molar-refractivity contribution in [1.82, 2.24) is 4.31 Å². The van der Waals surface area contributed by atoms with Crippen molar-refractivity contribution in [3.05, 3.63) is 54.1 Å². The van der Waals surface area contributed by atoms with E-state index in [4.69, 9.17) is 0 Å². The molecule has 1 amide bonds. The highest BCUT2D eigenvalue weighted by Crippen LogP contribution is 2.30. The third-order valence-electron chi connectivity index (χ3n) is 4.09. The third-order valence-corrected chi connectivity index (χ3v) is 7.06. The number of hydrogen-bond donors (Lipinski definition) is 1. The number of carbonyl (C=O) groups is 1. The molecule has 0 heterocycles. The van der Waals surface area contributed by atoms with E-state index in [1.165, 1.54) is 38.4 Å². The maximum Gasteiger partial charge on any atom is 0.416 e. The summed E-state index contributed by atoms with van der Waals surface area (Å²) in [4.78, 5) is 12.2. The SMILES string of the molecule is CN(C)S(=O)(=O)c1ccc(N(CC(=O)Nc2ccc(C(F)(F)F)cc2)S(C)(=O)=O)cc1. The molecule has 170 valence electrons. The molecule has 0 aliphatic heterocycles. The number of rotatable bonds is 7. The van der Waals surface area contributed by atoms with E-state index in [1.54, 1.807) is 0 Å². The van der Waals surface area contributed by atoms with Gasteiger partial charge in [-0.25, -0.2) is 21.1 Å². The quantitative estimate of drug-likeness (QED) is 0.657. The number of hydrogen-bond acceptors (Lipinski definition) is 5. The van der Waals surface area contributed by atoms with E-state index < -0.39 is 44.2 Å². The fourth-order valence-corrected chi connectivity index (χ4v) is 4.23. The van der Waals surface area contributed by atoms with Crippen LogP contribution in [0.1, 0.15) is 5.56 Å². The van der Waals surface area contributed by atoms with Crippen LogP contribution in [0.5, 0.6) is 0 Å². The first-order chi connectivity index (χ1) is 14.1. The first kappa shape index (κ1) is 24.6. The average molecular weight is 480 g/mol. The molecule has 0 bridgehead atoms. The molecule has 13 heteroatoms. The van der Waals surface area contributed by atoms with Crippen molar-refractivity contribution in [2.24, 2.45) is 0 Å². The summed E-state index contributed by atoms with van der Waals surface area (Å²) in [7, 11) is -4.97. The standard InChI is InChI=1S/C18H20F3N3O5S2/c1-23(2)31(28,29)16-10-8-15(9-11-16)24(30(3,26)27)12-17(25)22-14-6-4-13(5-7-14)18(19,20)21/h4-11H,12H2,1-3H3,(H,22,25). The van der Waals surface area contributed by atoms with E-state index in [0.717, 1.165) is 39.1 Å². The van der Waals surface area contributed by atoms with Gasteiger partial charge in [0.15, 0.2) is 0 Å². The van der Waals surface area contributed by atoms with Crippen LogP contribution in [-0.4, -0.2) is 53.9 Å². The lowest BCUT2D eigenvalue weighted by atomic mass is 10.2. The number of sulfonamides is 2. The normalized spacial score (nSPS) is 12.6. The molecule has 2 aromatic carbocycles. The molecule has 0 saturated heterocycles. The number of anilines is 2. The van der Waals surface area contributed by atoms with E-state index in [0.29, 0.717) is 0 Å². The predicted molar refractivity (Wildman–Crippen MR) is 110 cm³/mol. The molecule has 0 radical (unpaired) electrons. The Morgan fingerprint density at radius 3 is 1.87 bits per heavy atom. The second-order valence-corrected chi connectivity index (χ2v) is 10.7. The number of benzene rings is 2. The van der Waals surface area contributed by atoms with Crippen molar-refractivity contribution in [2.75, 3.05) is 36.5 Å². The lowest BCUT2D eigenvalue weighted by Gasteiger charge is -2.22. The van der Waals surface area contributed by atoms with Gasteiger partial charge in [0.1, 0.15) is 6.54 Å². The molecule has 0 spiro atoms. The summed E-state index contributed by atoms with van der Waals surface area (Å²) in [5.41, 5.74) is -0.794. The first-order valence-electron chi connectivity index (χ1n) is 8.60. The molecule has 0 aliphatic rings. The summed E-state index contributed by atoms with van der Waals surface area (Å²) in [5.74, 6) is -0.796. The van der Waals surface area contributed by atoms with Gasteiger partial charge in [0.25, 0.3) is 0 Å². The van der Waals surface area contributed by atoms with Gasteiger partial charge in [0.05, 0.1) is 22.4 Å². The topological polar surface area (TPSA) is 104 Å². The summed E-state index contributed by atoms with van der Waals surface area (Å²) >= 11 is 0. The van der Waals surface area contributed by atoms with Gasteiger partial charge >= 0.3 is 6.18 Å². The van der Waals surface area contributed by atoms with E-state index in [-0.39, 0.29) is 16.3 Å². The van der Waals surface area contributed by atoms with Crippen LogP contribution in [0.25, 0.3) is 0 Å². The van der Waals surface area contributed by atoms with Gasteiger partial charge in [-0.05, 0) is 48.5 Å². The number of alkyl halides is 3. The van der Waals surface area contributed by atoms with Gasteiger partial charge in [-0.1, -0.05) is 0 Å². The molecule has 0 aromatic heterocycles. The van der Waals surface area contributed by atoms with Crippen LogP contribution in [0, 0.1) is 0 Å². The van der Waals surface area contributed by atoms with Crippen LogP contribution in [0.2, 0.25) is 0 Å². The molecule has 1 N–H and O–H groups in total. The maximum atomic E-state index is 12.6. The fraction of sp³-hybridized carbons (Fsp3) is 0.278. The fourth-order valence-electron chi connectivity index (χ4n) is 2.47. The molecule has 2 aromatic rings. The smallest absolute Gasteiger partial charge is 0.325 e. The summed E-state index contributed by atoms with van der Waals surface area (Å²) in [5, 5.41) is 2.33. The van der Waals surface area contributed by atoms with Gasteiger partial charge in [0.2, 0.25) is 26.0 Å². The number of amides is 1. The molecule has 0 saturated carbocycles. The zero-order valence-electron chi connectivity index (χ0n) is 16.7. The van der Waals surface area contributed by atoms with Crippen molar-refractivity contribution < 1.29 is 34.8 Å². The molecule has 8 nitrogen and oxygen atoms in total. The summed E-state index contributed by atoms with van der Waals surface area (Å²) in [6.45, 7) is -0.667. The van der Waals surface area contributed by atoms with Gasteiger partial charge in [-0.15, -0.1) is 0 Å². The third kappa shape index (κ3) is 6.18. The maximum absolute atomic E-state index is 12.6. The van der Waals surface area contributed by atoms with E-state index >= 15 is 0 Å². The van der Waals surface area contributed by atoms with Gasteiger partial charge in [-0.3, -0.25) is 9.10 Å². The van der Waals surface area contributed by atoms with Crippen LogP contribution in [0.3, 0.4) is 0 Å². The summed E-state index contributed by atoms with van der Waals surface area (Å²) < 4.78 is 88.2. The highest BCUT2D eigenvalue weighted by atomic mass is 32.2. The molecule has 2 rings (SSSR count). The Bertz CT molecular complexity index is 1150. The zero-order chi connectivity index (χ0) is 23.6. The Hall–Kier alpha value is -2.64. The molecule has 0 aliphatic carbocycles. The minimum atomic E-state index is -4.53. The predicted octanol–water partition coefficient (Wildman–Crippen LogP) is 2.36. The Morgan fingerprint density at radius 1 is 0.935 bits per heavy atom. The van der Waals surface area contributed by atoms with Crippen LogP contribution in [0.15, 0.2) is 53.4 Å². The van der Waals surface area contributed by atoms with Crippen molar-refractivity contribution in [1.29, 1.82) is 0 Å². The Labute approximate surface area is 178 Å². The highest BCUT2D eigenvalue weighted by Gasteiger charge is 2.30. The number of carbonyl (C=O) groups excluding carboxylic acids is 1. The summed E-state index contributed by atoms with van der Waals surface area (Å²) in [6, 6.07) is 8.55. The molecular formula is C18H20F3N3O5S2. The minimum absolute atomic E-state index is 0.0442. The van der Waals surface area contributed by atoms with Crippen molar-refractivity contribution in [3.8, 4) is 0 Å². The van der Waals surface area contributed by atoms with Gasteiger partial charge in [0, 0.05) is 19.8 Å². The largest absolute Gasteiger partial charge is 0.416 e. The van der Waals surface area contributed by atoms with Crippen LogP contribution < -0.4 is 9.62 Å². The number of halogens is 3. The molecule has 31 heavy (non-hydrogen) atoms. The Morgan fingerprint density at radius 2 is 1.45 bits per heavy atom. The monoisotopic (exact) mass is 479 g/mol. The average Bonchev–Trinajstić information content (AvgIpc) is 2.65. The van der Waals surface area contributed by atoms with E-state index in [1.807, 2.05) is 0 Å². The second-order valence-electron chi connectivity index (χ2n) is 6.67. The van der Waals surface area contributed by atoms with Crippen molar-refractivity contribution in [2.45, 2.75) is 11.1 Å². The lowest BCUT2D eigenvalue weighted by Crippen LogP contribution is -2.37. The van der Waals surface area contributed by atoms with Gasteiger partial charge in [-0.2, -0.15) is 13.2 Å². The van der Waals surface area contributed by atoms with E-state index in [2.05, 4.69) is 5.32 Å². The zero-order valence-corrected chi connectivity index (χ0v) is 18.3. The number of nitrogens with zero attached hydrogens (tertiary/aromatic N) is 2. The molecule has 0 fully saturated rings.